The Hall–Kier alpha value is -3.52. The summed E-state index contributed by atoms with van der Waals surface area (Å²) < 4.78 is 1.10. The van der Waals surface area contributed by atoms with Crippen LogP contribution >= 0.6 is 0 Å². The fourth-order valence-electron chi connectivity index (χ4n) is 3.59. The van der Waals surface area contributed by atoms with Gasteiger partial charge in [0.1, 0.15) is 0 Å². The van der Waals surface area contributed by atoms with Gasteiger partial charge in [-0.15, -0.1) is 0 Å². The van der Waals surface area contributed by atoms with Gasteiger partial charge in [0.25, 0.3) is 0 Å². The number of aromatic carboxylic acids is 1. The third-order valence-electron chi connectivity index (χ3n) is 5.34. The van der Waals surface area contributed by atoms with Crippen LogP contribution in [-0.4, -0.2) is 67.9 Å². The first-order chi connectivity index (χ1) is 14.5. The van der Waals surface area contributed by atoms with E-state index in [2.05, 4.69) is 40.1 Å². The third-order valence-corrected chi connectivity index (χ3v) is 5.34. The van der Waals surface area contributed by atoms with E-state index in [0.29, 0.717) is 13.1 Å². The summed E-state index contributed by atoms with van der Waals surface area (Å²) in [6.45, 7) is 5.58. The lowest BCUT2D eigenvalue weighted by atomic mass is 10.0. The Kier molecular flexibility index (Phi) is 5.58. The number of piperazine rings is 1. The zero-order valence-electron chi connectivity index (χ0n) is 16.7. The van der Waals surface area contributed by atoms with E-state index in [0.717, 1.165) is 35.6 Å². The summed E-state index contributed by atoms with van der Waals surface area (Å²) in [4.78, 5) is 31.9. The number of rotatable bonds is 4. The predicted molar refractivity (Wildman–Crippen MR) is 111 cm³/mol. The van der Waals surface area contributed by atoms with Gasteiger partial charge in [-0.05, 0) is 42.3 Å². The van der Waals surface area contributed by atoms with Crippen LogP contribution in [0.3, 0.4) is 0 Å². The average molecular weight is 405 g/mol. The van der Waals surface area contributed by atoms with Crippen molar-refractivity contribution in [1.29, 1.82) is 0 Å². The summed E-state index contributed by atoms with van der Waals surface area (Å²) in [6.07, 6.45) is 3.19. The molecule has 3 heterocycles. The first-order valence-electron chi connectivity index (χ1n) is 9.83. The first kappa shape index (κ1) is 19.8. The number of hydrogen-bond acceptors (Lipinski definition) is 5. The highest BCUT2D eigenvalue weighted by Gasteiger charge is 2.23. The maximum absolute atomic E-state index is 12.5. The number of benzene rings is 1. The molecule has 0 atom stereocenters. The van der Waals surface area contributed by atoms with Crippen LogP contribution < -0.4 is 0 Å². The van der Waals surface area contributed by atoms with Gasteiger partial charge in [-0.2, -0.15) is 9.78 Å². The Morgan fingerprint density at radius 3 is 2.50 bits per heavy atom. The molecule has 2 aromatic heterocycles. The number of aryl methyl sites for hydroxylation is 1. The van der Waals surface area contributed by atoms with Gasteiger partial charge < -0.3 is 10.0 Å². The van der Waals surface area contributed by atoms with Crippen LogP contribution in [0.5, 0.6) is 0 Å². The molecule has 1 fully saturated rings. The minimum absolute atomic E-state index is 0.133. The van der Waals surface area contributed by atoms with Gasteiger partial charge in [-0.25, -0.2) is 9.59 Å². The second-order valence-corrected chi connectivity index (χ2v) is 7.35. The number of carboxylic acids is 1. The van der Waals surface area contributed by atoms with Crippen molar-refractivity contribution in [3.05, 3.63) is 71.7 Å². The number of carboxylic acid groups (broad SMARTS) is 1. The van der Waals surface area contributed by atoms with Gasteiger partial charge in [0, 0.05) is 50.7 Å². The van der Waals surface area contributed by atoms with Crippen molar-refractivity contribution >= 4 is 12.0 Å². The van der Waals surface area contributed by atoms with Crippen LogP contribution in [0.15, 0.2) is 54.9 Å². The fourth-order valence-corrected chi connectivity index (χ4v) is 3.59. The van der Waals surface area contributed by atoms with Crippen molar-refractivity contribution in [2.75, 3.05) is 26.2 Å². The SMILES string of the molecule is Cc1cc(-c2ccccn2)ccc1CN1CCN(C(=O)n2ccc(C(=O)O)n2)CC1. The zero-order valence-corrected chi connectivity index (χ0v) is 16.7. The molecular weight excluding hydrogens is 382 g/mol. The average Bonchev–Trinajstić information content (AvgIpc) is 3.26. The van der Waals surface area contributed by atoms with Gasteiger partial charge in [0.15, 0.2) is 5.69 Å². The lowest BCUT2D eigenvalue weighted by molar-refractivity contribution is 0.0689. The van der Waals surface area contributed by atoms with E-state index in [9.17, 15) is 9.59 Å². The quantitative estimate of drug-likeness (QED) is 0.718. The van der Waals surface area contributed by atoms with Crippen molar-refractivity contribution in [2.45, 2.75) is 13.5 Å². The van der Waals surface area contributed by atoms with Crippen LogP contribution in [-0.2, 0) is 6.54 Å². The molecule has 0 radical (unpaired) electrons. The largest absolute Gasteiger partial charge is 0.476 e. The molecule has 4 rings (SSSR count). The Balaban J connectivity index is 1.35. The van der Waals surface area contributed by atoms with Gasteiger partial charge in [-0.1, -0.05) is 18.2 Å². The summed E-state index contributed by atoms with van der Waals surface area (Å²) in [6, 6.07) is 13.3. The molecule has 0 saturated carbocycles. The van der Waals surface area contributed by atoms with Crippen molar-refractivity contribution in [1.82, 2.24) is 24.6 Å². The van der Waals surface area contributed by atoms with Gasteiger partial charge >= 0.3 is 12.0 Å². The van der Waals surface area contributed by atoms with Gasteiger partial charge in [0.05, 0.1) is 5.69 Å². The Morgan fingerprint density at radius 2 is 1.87 bits per heavy atom. The summed E-state index contributed by atoms with van der Waals surface area (Å²) >= 11 is 0. The molecule has 1 aliphatic rings. The van der Waals surface area contributed by atoms with Gasteiger partial charge in [-0.3, -0.25) is 9.88 Å². The summed E-state index contributed by atoms with van der Waals surface area (Å²) in [5.74, 6) is -1.14. The monoisotopic (exact) mass is 405 g/mol. The summed E-state index contributed by atoms with van der Waals surface area (Å²) in [7, 11) is 0. The molecular formula is C22H23N5O3. The lowest BCUT2D eigenvalue weighted by Gasteiger charge is -2.34. The van der Waals surface area contributed by atoms with Crippen molar-refractivity contribution in [3.8, 4) is 11.3 Å². The molecule has 1 N–H and O–H groups in total. The molecule has 30 heavy (non-hydrogen) atoms. The fraction of sp³-hybridized carbons (Fsp3) is 0.273. The third kappa shape index (κ3) is 4.23. The van der Waals surface area contributed by atoms with Crippen LogP contribution in [0.4, 0.5) is 4.79 Å². The second kappa shape index (κ2) is 8.46. The molecule has 0 bridgehead atoms. The number of aromatic nitrogens is 3. The predicted octanol–water partition coefficient (Wildman–Crippen LogP) is 2.74. The molecule has 0 spiro atoms. The number of nitrogens with zero attached hydrogens (tertiary/aromatic N) is 5. The Bertz CT molecular complexity index is 1060. The highest BCUT2D eigenvalue weighted by Crippen LogP contribution is 2.21. The maximum atomic E-state index is 12.5. The van der Waals surface area contributed by atoms with Crippen molar-refractivity contribution in [2.24, 2.45) is 0 Å². The molecule has 1 aliphatic heterocycles. The van der Waals surface area contributed by atoms with E-state index in [4.69, 9.17) is 5.11 Å². The first-order valence-corrected chi connectivity index (χ1v) is 9.83. The number of carbonyl (C=O) groups excluding carboxylic acids is 1. The zero-order chi connectivity index (χ0) is 21.1. The standard InChI is InChI=1S/C22H23N5O3/c1-16-14-17(19-4-2-3-8-23-19)5-6-18(16)15-25-10-12-26(13-11-25)22(30)27-9-7-20(24-27)21(28)29/h2-9,14H,10-13,15H2,1H3,(H,28,29). The molecule has 3 aromatic rings. The van der Waals surface area contributed by atoms with E-state index in [1.54, 1.807) is 11.1 Å². The molecule has 154 valence electrons. The normalized spacial score (nSPS) is 14.6. The molecule has 0 unspecified atom stereocenters. The Morgan fingerprint density at radius 1 is 1.07 bits per heavy atom. The van der Waals surface area contributed by atoms with Crippen LogP contribution in [0.2, 0.25) is 0 Å². The number of pyridine rings is 1. The topological polar surface area (TPSA) is 91.6 Å². The highest BCUT2D eigenvalue weighted by atomic mass is 16.4. The van der Waals surface area contributed by atoms with Crippen LogP contribution in [0.1, 0.15) is 21.6 Å². The van der Waals surface area contributed by atoms with Crippen LogP contribution in [0, 0.1) is 6.92 Å². The van der Waals surface area contributed by atoms with E-state index in [1.165, 1.54) is 23.4 Å². The lowest BCUT2D eigenvalue weighted by Crippen LogP contribution is -2.49. The van der Waals surface area contributed by atoms with Crippen molar-refractivity contribution < 1.29 is 14.7 Å². The summed E-state index contributed by atoms with van der Waals surface area (Å²) in [5.41, 5.74) is 4.41. The smallest absolute Gasteiger partial charge is 0.356 e. The Labute approximate surface area is 174 Å². The summed E-state index contributed by atoms with van der Waals surface area (Å²) in [5, 5.41) is 12.8. The number of amides is 1. The van der Waals surface area contributed by atoms with E-state index >= 15 is 0 Å². The molecule has 1 saturated heterocycles. The highest BCUT2D eigenvalue weighted by molar-refractivity contribution is 5.86. The number of hydrogen-bond donors (Lipinski definition) is 1. The minimum atomic E-state index is -1.14. The molecule has 8 heteroatoms. The van der Waals surface area contributed by atoms with E-state index in [-0.39, 0.29) is 11.7 Å². The minimum Gasteiger partial charge on any atom is -0.476 e. The maximum Gasteiger partial charge on any atom is 0.356 e. The second-order valence-electron chi connectivity index (χ2n) is 7.35. The van der Waals surface area contributed by atoms with E-state index in [1.807, 2.05) is 18.2 Å². The molecule has 1 aromatic carbocycles. The molecule has 8 nitrogen and oxygen atoms in total. The number of carbonyl (C=O) groups is 2. The molecule has 1 amide bonds. The van der Waals surface area contributed by atoms with Crippen LogP contribution in [0.25, 0.3) is 11.3 Å². The van der Waals surface area contributed by atoms with E-state index < -0.39 is 5.97 Å². The molecule has 0 aliphatic carbocycles. The van der Waals surface area contributed by atoms with Gasteiger partial charge in [0.2, 0.25) is 0 Å². The van der Waals surface area contributed by atoms with Crippen molar-refractivity contribution in [3.63, 3.8) is 0 Å².